The Balaban J connectivity index is 1.24. The highest BCUT2D eigenvalue weighted by molar-refractivity contribution is 6.09. The van der Waals surface area contributed by atoms with E-state index in [0.29, 0.717) is 23.8 Å². The smallest absolute Gasteiger partial charge is 0.0635 e. The lowest BCUT2D eigenvalue weighted by atomic mass is 9.76. The second-order valence-electron chi connectivity index (χ2n) is 14.0. The molecule has 3 nitrogen and oxygen atoms in total. The molecule has 47 heavy (non-hydrogen) atoms. The molecule has 0 N–H and O–H groups in total. The van der Waals surface area contributed by atoms with Gasteiger partial charge in [-0.05, 0) is 69.5 Å². The second kappa shape index (κ2) is 10.5. The van der Waals surface area contributed by atoms with Crippen molar-refractivity contribution < 1.29 is 0 Å². The molecule has 4 aliphatic rings. The Morgan fingerprint density at radius 2 is 1.55 bits per heavy atom. The molecule has 0 amide bonds. The summed E-state index contributed by atoms with van der Waals surface area (Å²) in [5, 5.41) is 2.56. The minimum absolute atomic E-state index is 0.100. The number of para-hydroxylation sites is 1. The molecule has 4 unspecified atom stereocenters. The van der Waals surface area contributed by atoms with Gasteiger partial charge >= 0.3 is 0 Å². The van der Waals surface area contributed by atoms with Crippen molar-refractivity contribution in [3.8, 4) is 11.4 Å². The Labute approximate surface area is 277 Å². The summed E-state index contributed by atoms with van der Waals surface area (Å²) in [7, 11) is 0. The van der Waals surface area contributed by atoms with Gasteiger partial charge in [0.2, 0.25) is 0 Å². The van der Waals surface area contributed by atoms with Crippen LogP contribution in [0.5, 0.6) is 0 Å². The van der Waals surface area contributed by atoms with Crippen LogP contribution in [-0.2, 0) is 6.42 Å². The van der Waals surface area contributed by atoms with Crippen molar-refractivity contribution >= 4 is 39.6 Å². The molecule has 3 aliphatic carbocycles. The zero-order chi connectivity index (χ0) is 31.9. The van der Waals surface area contributed by atoms with E-state index >= 15 is 0 Å². The first-order valence-corrected chi connectivity index (χ1v) is 17.2. The van der Waals surface area contributed by atoms with Gasteiger partial charge in [0.25, 0.3) is 0 Å². The predicted octanol–water partition coefficient (Wildman–Crippen LogP) is 10.6. The lowest BCUT2D eigenvalue weighted by molar-refractivity contribution is 0.435. The summed E-state index contributed by atoms with van der Waals surface area (Å²) in [5.74, 6) is 1.40. The van der Waals surface area contributed by atoms with Crippen LogP contribution in [-0.4, -0.2) is 20.7 Å². The second-order valence-corrected chi connectivity index (χ2v) is 14.0. The monoisotopic (exact) mass is 611 g/mol. The molecule has 1 aliphatic heterocycles. The first-order valence-electron chi connectivity index (χ1n) is 17.2. The van der Waals surface area contributed by atoms with Crippen LogP contribution in [0.15, 0.2) is 127 Å². The number of benzene rings is 3. The third-order valence-electron chi connectivity index (χ3n) is 11.2. The first-order chi connectivity index (χ1) is 23.0. The summed E-state index contributed by atoms with van der Waals surface area (Å²) in [5.41, 5.74) is 11.4. The summed E-state index contributed by atoms with van der Waals surface area (Å²) in [4.78, 5) is 2.66. The minimum atomic E-state index is -0.100. The maximum Gasteiger partial charge on any atom is 0.0635 e. The molecule has 3 heteroatoms. The predicted molar refractivity (Wildman–Crippen MR) is 200 cm³/mol. The van der Waals surface area contributed by atoms with E-state index in [4.69, 9.17) is 0 Å². The normalized spacial score (nSPS) is 25.7. The van der Waals surface area contributed by atoms with Gasteiger partial charge in [-0.15, -0.1) is 0 Å². The molecular weight excluding hydrogens is 571 g/mol. The molecule has 3 heterocycles. The topological polar surface area (TPSA) is 13.1 Å². The fourth-order valence-electron chi connectivity index (χ4n) is 9.17. The molecule has 1 saturated heterocycles. The molecule has 0 spiro atoms. The molecule has 3 aromatic carbocycles. The van der Waals surface area contributed by atoms with E-state index in [0.717, 1.165) is 6.42 Å². The largest absolute Gasteiger partial charge is 0.355 e. The van der Waals surface area contributed by atoms with E-state index in [9.17, 15) is 0 Å². The molecule has 1 fully saturated rings. The fraction of sp³-hybridized carbons (Fsp3) is 0.227. The number of aromatic nitrogens is 2. The Morgan fingerprint density at radius 1 is 0.766 bits per heavy atom. The summed E-state index contributed by atoms with van der Waals surface area (Å²) in [6, 6.07) is 25.5. The molecule has 0 radical (unpaired) electrons. The molecule has 9 rings (SSSR count). The van der Waals surface area contributed by atoms with Crippen molar-refractivity contribution in [1.82, 2.24) is 9.13 Å². The molecule has 0 saturated carbocycles. The van der Waals surface area contributed by atoms with Crippen LogP contribution in [0.2, 0.25) is 0 Å². The van der Waals surface area contributed by atoms with Crippen molar-refractivity contribution in [2.24, 2.45) is 17.8 Å². The number of hydrogen-bond donors (Lipinski definition) is 0. The number of allylic oxidation sites excluding steroid dienone is 6. The average Bonchev–Trinajstić information content (AvgIpc) is 3.66. The molecule has 5 atom stereocenters. The number of hydrogen-bond acceptors (Lipinski definition) is 1. The average molecular weight is 612 g/mol. The van der Waals surface area contributed by atoms with Crippen LogP contribution in [0.1, 0.15) is 43.3 Å². The highest BCUT2D eigenvalue weighted by atomic mass is 15.3. The Morgan fingerprint density at radius 3 is 2.45 bits per heavy atom. The molecule has 232 valence electrons. The quantitative estimate of drug-likeness (QED) is 0.197. The van der Waals surface area contributed by atoms with Gasteiger partial charge in [0.1, 0.15) is 0 Å². The van der Waals surface area contributed by atoms with Crippen LogP contribution in [0.3, 0.4) is 0 Å². The molecule has 5 aromatic rings. The van der Waals surface area contributed by atoms with Gasteiger partial charge < -0.3 is 14.0 Å². The van der Waals surface area contributed by atoms with Crippen molar-refractivity contribution in [2.75, 3.05) is 4.90 Å². The molecule has 0 bridgehead atoms. The third-order valence-corrected chi connectivity index (χ3v) is 11.2. The fourth-order valence-corrected chi connectivity index (χ4v) is 9.17. The van der Waals surface area contributed by atoms with Gasteiger partial charge in [-0.25, -0.2) is 0 Å². The van der Waals surface area contributed by atoms with Crippen LogP contribution >= 0.6 is 0 Å². The van der Waals surface area contributed by atoms with E-state index < -0.39 is 0 Å². The SMILES string of the molecule is C/C=C\c1c2c(n(-c3ccc4c5ccccc5n(-c5cccc(N6[C@H]7C=CC=CC7C7C=CC=CC76C)c5)c4c3)c1C)CC(C)C=C2. The van der Waals surface area contributed by atoms with E-state index in [-0.39, 0.29) is 5.54 Å². The summed E-state index contributed by atoms with van der Waals surface area (Å²) >= 11 is 0. The Hall–Kier alpha value is -5.02. The van der Waals surface area contributed by atoms with E-state index in [2.05, 4.69) is 181 Å². The highest BCUT2D eigenvalue weighted by Crippen LogP contribution is 2.51. The van der Waals surface area contributed by atoms with E-state index in [1.807, 2.05) is 0 Å². The van der Waals surface area contributed by atoms with E-state index in [1.54, 1.807) is 0 Å². The minimum Gasteiger partial charge on any atom is -0.355 e. The van der Waals surface area contributed by atoms with E-state index in [1.165, 1.54) is 61.4 Å². The van der Waals surface area contributed by atoms with Crippen molar-refractivity contribution in [2.45, 2.75) is 45.7 Å². The van der Waals surface area contributed by atoms with Crippen LogP contribution in [0.25, 0.3) is 45.3 Å². The van der Waals surface area contributed by atoms with Crippen LogP contribution in [0, 0.1) is 24.7 Å². The number of anilines is 1. The van der Waals surface area contributed by atoms with Gasteiger partial charge in [-0.1, -0.05) is 110 Å². The summed E-state index contributed by atoms with van der Waals surface area (Å²) in [6.45, 7) is 9.12. The zero-order valence-electron chi connectivity index (χ0n) is 27.6. The van der Waals surface area contributed by atoms with Gasteiger partial charge in [0.15, 0.2) is 0 Å². The molecule has 2 aromatic heterocycles. The van der Waals surface area contributed by atoms with Gasteiger partial charge in [0, 0.05) is 62.2 Å². The van der Waals surface area contributed by atoms with Crippen LogP contribution < -0.4 is 4.90 Å². The maximum absolute atomic E-state index is 2.66. The number of rotatable bonds is 4. The van der Waals surface area contributed by atoms with Crippen LogP contribution in [0.4, 0.5) is 5.69 Å². The number of nitrogens with zero attached hydrogens (tertiary/aromatic N) is 3. The molecular formula is C44H41N3. The lowest BCUT2D eigenvalue weighted by Gasteiger charge is -2.41. The highest BCUT2D eigenvalue weighted by Gasteiger charge is 2.53. The lowest BCUT2D eigenvalue weighted by Crippen LogP contribution is -2.46. The Kier molecular flexibility index (Phi) is 6.31. The van der Waals surface area contributed by atoms with Gasteiger partial charge in [0.05, 0.1) is 22.6 Å². The third kappa shape index (κ3) is 4.05. The maximum atomic E-state index is 2.66. The standard InChI is InChI=1S/C44H41N3/c1-5-13-34-30(3)45(42-26-29(2)21-23-36(34)42)32-22-24-37-35-16-6-8-19-40(35)46(43(37)28-32)31-14-12-15-33(27-31)47-41-20-9-7-17-38(41)39-18-10-11-25-44(39,47)4/h5-25,27-29,38-39,41H,26H2,1-4H3/b13-5-/t29?,38?,39?,41-,44?/m0/s1. The summed E-state index contributed by atoms with van der Waals surface area (Å²) in [6.07, 6.45) is 28.7. The summed E-state index contributed by atoms with van der Waals surface area (Å²) < 4.78 is 5.00. The first kappa shape index (κ1) is 28.2. The van der Waals surface area contributed by atoms with Crippen molar-refractivity contribution in [3.05, 3.63) is 150 Å². The Bertz CT molecular complexity index is 2260. The van der Waals surface area contributed by atoms with Crippen molar-refractivity contribution in [3.63, 3.8) is 0 Å². The zero-order valence-corrected chi connectivity index (χ0v) is 27.6. The van der Waals surface area contributed by atoms with Gasteiger partial charge in [-0.3, -0.25) is 0 Å². The number of fused-ring (bicyclic) bond motifs is 7. The van der Waals surface area contributed by atoms with Crippen molar-refractivity contribution in [1.29, 1.82) is 0 Å². The van der Waals surface area contributed by atoms with Gasteiger partial charge in [-0.2, -0.15) is 0 Å².